The molecule has 0 bridgehead atoms. The van der Waals surface area contributed by atoms with E-state index in [1.807, 2.05) is 0 Å². The molecule has 2 unspecified atom stereocenters. The summed E-state index contributed by atoms with van der Waals surface area (Å²) >= 11 is 0. The van der Waals surface area contributed by atoms with Crippen molar-refractivity contribution in [3.63, 3.8) is 0 Å². The Morgan fingerprint density at radius 2 is 1.49 bits per heavy atom. The van der Waals surface area contributed by atoms with Crippen LogP contribution in [-0.4, -0.2) is 61.4 Å². The number of nitrogens with one attached hydrogen (secondary N) is 1. The second-order valence-corrected chi connectivity index (χ2v) is 16.8. The average molecular weight is 658 g/mol. The lowest BCUT2D eigenvalue weighted by Gasteiger charge is -2.73. The van der Waals surface area contributed by atoms with E-state index in [-0.39, 0.29) is 90.3 Å². The molecule has 9 nitrogen and oxygen atoms in total. The number of rotatable bonds is 9. The van der Waals surface area contributed by atoms with Gasteiger partial charge < -0.3 is 24.6 Å². The van der Waals surface area contributed by atoms with Crippen LogP contribution in [0.3, 0.4) is 0 Å². The number of fused-ring (bicyclic) bond motifs is 7. The van der Waals surface area contributed by atoms with Crippen molar-refractivity contribution in [2.75, 3.05) is 26.4 Å². The van der Waals surface area contributed by atoms with Gasteiger partial charge in [-0.15, -0.1) is 0 Å². The topological polar surface area (TPSA) is 128 Å². The number of aliphatic hydroxyl groups is 1. The first-order chi connectivity index (χ1) is 22.0. The molecule has 1 amide bonds. The third-order valence-electron chi connectivity index (χ3n) is 14.9. The van der Waals surface area contributed by atoms with Crippen molar-refractivity contribution in [2.24, 2.45) is 56.7 Å². The number of carbonyl (C=O) groups is 4. The van der Waals surface area contributed by atoms with Crippen LogP contribution in [0.4, 0.5) is 0 Å². The van der Waals surface area contributed by atoms with E-state index < -0.39 is 10.8 Å². The fraction of sp³-hybridized carbons (Fsp3) is 0.842. The van der Waals surface area contributed by atoms with Crippen molar-refractivity contribution in [3.05, 3.63) is 12.2 Å². The van der Waals surface area contributed by atoms with Crippen molar-refractivity contribution in [3.8, 4) is 0 Å². The van der Waals surface area contributed by atoms with Gasteiger partial charge in [-0.3, -0.25) is 19.2 Å². The maximum Gasteiger partial charge on any atom is 0.302 e. The summed E-state index contributed by atoms with van der Waals surface area (Å²) in [6, 6.07) is 0. The molecule has 2 N–H and O–H groups in total. The highest BCUT2D eigenvalue weighted by atomic mass is 16.6. The quantitative estimate of drug-likeness (QED) is 0.182. The van der Waals surface area contributed by atoms with Crippen LogP contribution in [0.25, 0.3) is 0 Å². The molecular formula is C38H59NO8. The number of hydrogen-bond donors (Lipinski definition) is 2. The zero-order valence-corrected chi connectivity index (χ0v) is 29.9. The van der Waals surface area contributed by atoms with Crippen LogP contribution in [0.5, 0.6) is 0 Å². The molecule has 5 rings (SSSR count). The highest BCUT2D eigenvalue weighted by Gasteiger charge is 2.72. The van der Waals surface area contributed by atoms with Gasteiger partial charge in [-0.2, -0.15) is 0 Å². The minimum Gasteiger partial charge on any atom is -0.465 e. The first-order valence-corrected chi connectivity index (χ1v) is 18.0. The van der Waals surface area contributed by atoms with Crippen LogP contribution in [0, 0.1) is 56.7 Å². The molecule has 0 aromatic rings. The highest BCUT2D eigenvalue weighted by Crippen LogP contribution is 2.77. The maximum atomic E-state index is 14.1. The number of esters is 3. The van der Waals surface area contributed by atoms with Crippen LogP contribution < -0.4 is 5.32 Å². The summed E-state index contributed by atoms with van der Waals surface area (Å²) in [6.07, 6.45) is 8.77. The molecule has 0 spiro atoms. The monoisotopic (exact) mass is 657 g/mol. The Morgan fingerprint density at radius 3 is 2.13 bits per heavy atom. The number of ether oxygens (including phenoxy) is 3. The third-order valence-corrected chi connectivity index (χ3v) is 14.9. The summed E-state index contributed by atoms with van der Waals surface area (Å²) in [5, 5.41) is 12.6. The molecule has 0 radical (unpaired) electrons. The molecule has 9 heteroatoms. The van der Waals surface area contributed by atoms with Gasteiger partial charge in [0.25, 0.3) is 0 Å². The smallest absolute Gasteiger partial charge is 0.302 e. The molecule has 0 heterocycles. The molecule has 5 fully saturated rings. The fourth-order valence-electron chi connectivity index (χ4n) is 12.7. The first-order valence-electron chi connectivity index (χ1n) is 18.0. The number of amides is 1. The zero-order valence-electron chi connectivity index (χ0n) is 29.9. The summed E-state index contributed by atoms with van der Waals surface area (Å²) in [5.41, 5.74) is -0.166. The number of aliphatic hydroxyl groups excluding tert-OH is 1. The van der Waals surface area contributed by atoms with Crippen LogP contribution in [-0.2, 0) is 33.4 Å². The van der Waals surface area contributed by atoms with Crippen LogP contribution in [0.2, 0.25) is 0 Å². The van der Waals surface area contributed by atoms with Crippen molar-refractivity contribution in [1.29, 1.82) is 0 Å². The second-order valence-electron chi connectivity index (χ2n) is 16.8. The summed E-state index contributed by atoms with van der Waals surface area (Å²) in [6.45, 7) is 19.0. The van der Waals surface area contributed by atoms with E-state index in [2.05, 4.69) is 39.6 Å². The van der Waals surface area contributed by atoms with Gasteiger partial charge in [0.05, 0.1) is 12.0 Å². The molecule has 5 saturated carbocycles. The van der Waals surface area contributed by atoms with E-state index in [1.54, 1.807) is 0 Å². The van der Waals surface area contributed by atoms with Crippen LogP contribution >= 0.6 is 0 Å². The highest BCUT2D eigenvalue weighted by molar-refractivity contribution is 5.84. The summed E-state index contributed by atoms with van der Waals surface area (Å²) in [7, 11) is 0. The maximum absolute atomic E-state index is 14.1. The van der Waals surface area contributed by atoms with Gasteiger partial charge in [-0.25, -0.2) is 0 Å². The third kappa shape index (κ3) is 5.64. The molecule has 0 aliphatic heterocycles. The fourth-order valence-corrected chi connectivity index (χ4v) is 12.7. The van der Waals surface area contributed by atoms with Gasteiger partial charge in [-0.1, -0.05) is 34.3 Å². The molecule has 5 aliphatic carbocycles. The van der Waals surface area contributed by atoms with Crippen LogP contribution in [0.15, 0.2) is 12.2 Å². The van der Waals surface area contributed by atoms with Crippen molar-refractivity contribution >= 4 is 23.8 Å². The molecule has 264 valence electrons. The Bertz CT molecular complexity index is 1280. The average Bonchev–Trinajstić information content (AvgIpc) is 3.40. The Hall–Kier alpha value is -2.42. The SMILES string of the molecule is C=C(COC(C)=O)[C@@H]1CC[C@]2(C(=O)NCCO)CC[C@]3(C)C(CC[C@@H]4[C@@]5(C)CCC(OC(C)=O)[C@@](C)(COC(C)=O)[C@@H]5CC[C@]43C)[C@@H]12. The Morgan fingerprint density at radius 1 is 0.787 bits per heavy atom. The standard InChI is InChI=1S/C38H59NO8/c1-23(21-45-24(2)41)27-11-16-38(33(44)39-19-20-40)18-17-36(7)28(32(27)38)9-10-30-34(5)14-13-31(47-26(4)43)35(6,22-46-25(3)42)29(34)12-15-37(30,36)8/h27-32,40H,1,9-22H2,2-8H3,(H,39,44)/t27-,28?,29+,30+,31?,32+,34-,35-,36+,37+,38-/m0/s1. The van der Waals surface area contributed by atoms with Crippen LogP contribution in [0.1, 0.15) is 113 Å². The van der Waals surface area contributed by atoms with Gasteiger partial charge in [-0.05, 0) is 116 Å². The Balaban J connectivity index is 1.51. The molecule has 0 saturated heterocycles. The molecular weight excluding hydrogens is 598 g/mol. The van der Waals surface area contributed by atoms with E-state index in [1.165, 1.54) is 20.8 Å². The molecule has 0 aromatic carbocycles. The zero-order chi connectivity index (χ0) is 34.6. The summed E-state index contributed by atoms with van der Waals surface area (Å²) in [4.78, 5) is 50.1. The first kappa shape index (κ1) is 35.9. The lowest BCUT2D eigenvalue weighted by Crippen LogP contribution is -2.68. The van der Waals surface area contributed by atoms with Crippen molar-refractivity contribution in [2.45, 2.75) is 119 Å². The minimum atomic E-state index is -0.530. The second kappa shape index (κ2) is 12.8. The lowest BCUT2D eigenvalue weighted by molar-refractivity contribution is -0.256. The predicted molar refractivity (Wildman–Crippen MR) is 177 cm³/mol. The molecule has 47 heavy (non-hydrogen) atoms. The minimum absolute atomic E-state index is 0.00979. The van der Waals surface area contributed by atoms with E-state index in [4.69, 9.17) is 14.2 Å². The van der Waals surface area contributed by atoms with Gasteiger partial charge in [0.2, 0.25) is 5.91 Å². The Labute approximate surface area is 281 Å². The largest absolute Gasteiger partial charge is 0.465 e. The number of hydrogen-bond acceptors (Lipinski definition) is 8. The molecule has 0 aromatic heterocycles. The predicted octanol–water partition coefficient (Wildman–Crippen LogP) is 5.77. The Kier molecular flexibility index (Phi) is 9.77. The summed E-state index contributed by atoms with van der Waals surface area (Å²) in [5.74, 6) is 0.216. The van der Waals surface area contributed by atoms with Gasteiger partial charge in [0.15, 0.2) is 0 Å². The molecule has 5 aliphatic rings. The van der Waals surface area contributed by atoms with E-state index >= 15 is 0 Å². The lowest BCUT2D eigenvalue weighted by atomic mass is 9.32. The van der Waals surface area contributed by atoms with E-state index in [0.29, 0.717) is 11.8 Å². The van der Waals surface area contributed by atoms with Crippen molar-refractivity contribution in [1.82, 2.24) is 5.32 Å². The van der Waals surface area contributed by atoms with Gasteiger partial charge >= 0.3 is 17.9 Å². The summed E-state index contributed by atoms with van der Waals surface area (Å²) < 4.78 is 17.1. The van der Waals surface area contributed by atoms with Gasteiger partial charge in [0.1, 0.15) is 19.3 Å². The van der Waals surface area contributed by atoms with Crippen molar-refractivity contribution < 1.29 is 38.5 Å². The molecule has 11 atom stereocenters. The van der Waals surface area contributed by atoms with Gasteiger partial charge in [0, 0.05) is 32.7 Å². The number of carbonyl (C=O) groups excluding carboxylic acids is 4. The normalized spacial score (nSPS) is 43.7. The van der Waals surface area contributed by atoms with E-state index in [0.717, 1.165) is 69.8 Å². The van der Waals surface area contributed by atoms with E-state index in [9.17, 15) is 24.3 Å².